The van der Waals surface area contributed by atoms with Gasteiger partial charge in [0.1, 0.15) is 15.8 Å². The lowest BCUT2D eigenvalue weighted by atomic mass is 10.1. The minimum absolute atomic E-state index is 0.188. The number of carbonyl (C=O) groups is 2. The van der Waals surface area contributed by atoms with Gasteiger partial charge in [0.25, 0.3) is 5.91 Å². The molecule has 0 N–H and O–H groups in total. The molecule has 1 aliphatic rings. The van der Waals surface area contributed by atoms with Crippen molar-refractivity contribution < 1.29 is 24.2 Å². The molecule has 6 nitrogen and oxygen atoms in total. The highest BCUT2D eigenvalue weighted by Gasteiger charge is 2.32. The first-order chi connectivity index (χ1) is 10.5. The molecule has 1 saturated heterocycles. The largest absolute Gasteiger partial charge is 0.548 e. The zero-order valence-electron chi connectivity index (χ0n) is 11.8. The number of hydrogen-bond acceptors (Lipinski definition) is 7. The molecular weight excluding hydrogens is 326 g/mol. The number of aliphatic carboxylic acids is 1. The van der Waals surface area contributed by atoms with Gasteiger partial charge in [-0.25, -0.2) is 0 Å². The highest BCUT2D eigenvalue weighted by Crippen LogP contribution is 2.34. The zero-order chi connectivity index (χ0) is 16.3. The maximum Gasteiger partial charge on any atom is 0.266 e. The number of amides is 1. The summed E-state index contributed by atoms with van der Waals surface area (Å²) in [5.41, 5.74) is 0.664. The van der Waals surface area contributed by atoms with E-state index < -0.39 is 18.4 Å². The monoisotopic (exact) mass is 338 g/mol. The smallest absolute Gasteiger partial charge is 0.266 e. The molecule has 0 aliphatic carbocycles. The van der Waals surface area contributed by atoms with E-state index in [2.05, 4.69) is 0 Å². The van der Waals surface area contributed by atoms with Gasteiger partial charge in [-0.15, -0.1) is 0 Å². The van der Waals surface area contributed by atoms with Gasteiger partial charge >= 0.3 is 0 Å². The van der Waals surface area contributed by atoms with Gasteiger partial charge in [-0.2, -0.15) is 0 Å². The Morgan fingerprint density at radius 2 is 2.14 bits per heavy atom. The van der Waals surface area contributed by atoms with Gasteiger partial charge in [0, 0.05) is 11.6 Å². The summed E-state index contributed by atoms with van der Waals surface area (Å²) in [5, 5.41) is 10.7. The Morgan fingerprint density at radius 1 is 1.41 bits per heavy atom. The number of carboxylic acids is 1. The fraction of sp³-hybridized carbons (Fsp3) is 0.214. The normalized spacial score (nSPS) is 16.3. The maximum atomic E-state index is 12.2. The molecule has 0 radical (unpaired) electrons. The molecule has 1 aliphatic heterocycles. The van der Waals surface area contributed by atoms with Crippen molar-refractivity contribution in [3.8, 4) is 11.5 Å². The molecule has 0 aromatic heterocycles. The lowest BCUT2D eigenvalue weighted by Crippen LogP contribution is -2.40. The molecule has 0 bridgehead atoms. The van der Waals surface area contributed by atoms with Gasteiger partial charge in [-0.1, -0.05) is 24.0 Å². The number of thioether (sulfide) groups is 1. The van der Waals surface area contributed by atoms with E-state index in [4.69, 9.17) is 21.7 Å². The molecule has 22 heavy (non-hydrogen) atoms. The Balaban J connectivity index is 2.32. The van der Waals surface area contributed by atoms with Crippen LogP contribution >= 0.6 is 24.0 Å². The molecule has 2 rings (SSSR count). The van der Waals surface area contributed by atoms with E-state index in [1.165, 1.54) is 7.11 Å². The third kappa shape index (κ3) is 3.40. The molecule has 1 aromatic rings. The number of methoxy groups -OCH3 is 2. The van der Waals surface area contributed by atoms with Gasteiger partial charge in [0.05, 0.1) is 31.6 Å². The van der Waals surface area contributed by atoms with Crippen molar-refractivity contribution in [3.05, 3.63) is 28.7 Å². The van der Waals surface area contributed by atoms with Crippen LogP contribution in [0, 0.1) is 0 Å². The van der Waals surface area contributed by atoms with E-state index >= 15 is 0 Å². The Kier molecular flexibility index (Phi) is 5.04. The molecule has 116 valence electrons. The number of nitrogens with zero attached hydrogens (tertiary/aromatic N) is 1. The van der Waals surface area contributed by atoms with Gasteiger partial charge in [0.2, 0.25) is 0 Å². The van der Waals surface area contributed by atoms with Crippen molar-refractivity contribution in [3.63, 3.8) is 0 Å². The van der Waals surface area contributed by atoms with Crippen LogP contribution in [-0.2, 0) is 9.59 Å². The van der Waals surface area contributed by atoms with Gasteiger partial charge < -0.3 is 19.4 Å². The molecule has 0 saturated carbocycles. The summed E-state index contributed by atoms with van der Waals surface area (Å²) in [6.45, 7) is -0.554. The Labute approximate surface area is 136 Å². The van der Waals surface area contributed by atoms with E-state index in [0.717, 1.165) is 16.7 Å². The second-order valence-corrected chi connectivity index (χ2v) is 5.92. The molecular formula is C14H12NO5S2-. The molecule has 0 spiro atoms. The second kappa shape index (κ2) is 6.80. The zero-order valence-corrected chi connectivity index (χ0v) is 13.5. The standard InChI is InChI=1S/C14H13NO5S2/c1-19-9-4-3-8(10(6-9)20-2)5-11-13(18)15(7-12(16)17)14(21)22-11/h3-6H,7H2,1-2H3,(H,16,17)/p-1/b11-5-. The summed E-state index contributed by atoms with van der Waals surface area (Å²) in [7, 11) is 3.05. The third-order valence-electron chi connectivity index (χ3n) is 2.89. The van der Waals surface area contributed by atoms with Crippen molar-refractivity contribution in [2.24, 2.45) is 0 Å². The summed E-state index contributed by atoms with van der Waals surface area (Å²) in [6, 6.07) is 5.16. The maximum absolute atomic E-state index is 12.2. The van der Waals surface area contributed by atoms with Crippen LogP contribution in [0.15, 0.2) is 23.1 Å². The van der Waals surface area contributed by atoms with Crippen LogP contribution < -0.4 is 14.6 Å². The first kappa shape index (κ1) is 16.3. The second-order valence-electron chi connectivity index (χ2n) is 4.25. The van der Waals surface area contributed by atoms with Crippen LogP contribution in [0.1, 0.15) is 5.56 Å². The van der Waals surface area contributed by atoms with Gasteiger partial charge in [-0.3, -0.25) is 9.69 Å². The van der Waals surface area contributed by atoms with E-state index in [1.54, 1.807) is 31.4 Å². The number of benzene rings is 1. The number of thiocarbonyl (C=S) groups is 1. The van der Waals surface area contributed by atoms with Crippen LogP contribution in [0.3, 0.4) is 0 Å². The highest BCUT2D eigenvalue weighted by molar-refractivity contribution is 8.26. The summed E-state index contributed by atoms with van der Waals surface area (Å²) in [4.78, 5) is 24.2. The van der Waals surface area contributed by atoms with Crippen LogP contribution in [0.4, 0.5) is 0 Å². The molecule has 1 fully saturated rings. The van der Waals surface area contributed by atoms with Gasteiger partial charge in [0.15, 0.2) is 0 Å². The number of rotatable bonds is 5. The molecule has 1 amide bonds. The Morgan fingerprint density at radius 3 is 2.73 bits per heavy atom. The highest BCUT2D eigenvalue weighted by atomic mass is 32.2. The number of ether oxygens (including phenoxy) is 2. The van der Waals surface area contributed by atoms with Crippen molar-refractivity contribution in [2.75, 3.05) is 20.8 Å². The lowest BCUT2D eigenvalue weighted by Gasteiger charge is -2.14. The van der Waals surface area contributed by atoms with Crippen molar-refractivity contribution >= 4 is 46.3 Å². The summed E-state index contributed by atoms with van der Waals surface area (Å²) >= 11 is 6.05. The minimum Gasteiger partial charge on any atom is -0.548 e. The SMILES string of the molecule is COc1ccc(/C=C2\SC(=S)N(CC(=O)[O-])C2=O)c(OC)c1. The van der Waals surface area contributed by atoms with Crippen LogP contribution in [0.25, 0.3) is 6.08 Å². The van der Waals surface area contributed by atoms with E-state index in [-0.39, 0.29) is 4.32 Å². The molecule has 0 atom stereocenters. The third-order valence-corrected chi connectivity index (χ3v) is 4.27. The number of carbonyl (C=O) groups excluding carboxylic acids is 2. The minimum atomic E-state index is -1.36. The predicted octanol–water partition coefficient (Wildman–Crippen LogP) is 0.655. The Bertz CT molecular complexity index is 671. The van der Waals surface area contributed by atoms with Crippen molar-refractivity contribution in [1.29, 1.82) is 0 Å². The average Bonchev–Trinajstić information content (AvgIpc) is 2.75. The summed E-state index contributed by atoms with van der Waals surface area (Å²) in [5.74, 6) is -0.667. The van der Waals surface area contributed by atoms with Crippen molar-refractivity contribution in [2.45, 2.75) is 0 Å². The lowest BCUT2D eigenvalue weighted by molar-refractivity contribution is -0.305. The molecule has 0 unspecified atom stereocenters. The first-order valence-corrected chi connectivity index (χ1v) is 7.36. The fourth-order valence-electron chi connectivity index (χ4n) is 1.84. The number of hydrogen-bond donors (Lipinski definition) is 0. The van der Waals surface area contributed by atoms with E-state index in [1.807, 2.05) is 0 Å². The quantitative estimate of drug-likeness (QED) is 0.576. The predicted molar refractivity (Wildman–Crippen MR) is 84.4 cm³/mol. The van der Waals surface area contributed by atoms with Crippen LogP contribution in [0.2, 0.25) is 0 Å². The fourth-order valence-corrected chi connectivity index (χ4v) is 3.09. The van der Waals surface area contributed by atoms with E-state index in [9.17, 15) is 14.7 Å². The van der Waals surface area contributed by atoms with Crippen LogP contribution in [0.5, 0.6) is 11.5 Å². The first-order valence-electron chi connectivity index (χ1n) is 6.13. The van der Waals surface area contributed by atoms with Crippen LogP contribution in [-0.4, -0.2) is 41.9 Å². The molecule has 1 aromatic carbocycles. The van der Waals surface area contributed by atoms with Crippen molar-refractivity contribution in [1.82, 2.24) is 4.90 Å². The van der Waals surface area contributed by atoms with E-state index in [0.29, 0.717) is 22.0 Å². The summed E-state index contributed by atoms with van der Waals surface area (Å²) < 4.78 is 10.6. The number of carboxylic acid groups (broad SMARTS) is 1. The summed E-state index contributed by atoms with van der Waals surface area (Å²) in [6.07, 6.45) is 1.60. The van der Waals surface area contributed by atoms with Gasteiger partial charge in [-0.05, 0) is 18.2 Å². The molecule has 8 heteroatoms. The average molecular weight is 338 g/mol. The Hall–Kier alpha value is -2.06. The molecule has 1 heterocycles. The topological polar surface area (TPSA) is 78.9 Å².